The number of hydrogen-bond acceptors (Lipinski definition) is 6. The Labute approximate surface area is 122 Å². The number of H-pyrrole nitrogens is 2. The summed E-state index contributed by atoms with van der Waals surface area (Å²) in [5, 5.41) is 34.0. The predicted molar refractivity (Wildman–Crippen MR) is 73.7 cm³/mol. The van der Waals surface area contributed by atoms with E-state index in [1.54, 1.807) is 6.92 Å². The first-order valence-corrected chi connectivity index (χ1v) is 6.61. The van der Waals surface area contributed by atoms with Gasteiger partial charge in [0.15, 0.2) is 0 Å². The highest BCUT2D eigenvalue weighted by atomic mass is 32.1. The number of nitro groups is 1. The van der Waals surface area contributed by atoms with Crippen molar-refractivity contribution in [2.45, 2.75) is 12.8 Å². The van der Waals surface area contributed by atoms with E-state index in [1.807, 2.05) is 12.1 Å². The fraction of sp³-hybridized carbons (Fsp3) is 0.250. The van der Waals surface area contributed by atoms with Gasteiger partial charge in [0.1, 0.15) is 5.92 Å². The lowest BCUT2D eigenvalue weighted by molar-refractivity contribution is -0.380. The second kappa shape index (κ2) is 5.61. The number of nitrogens with one attached hydrogen (secondary N) is 2. The number of aryl methyl sites for hydroxylation is 1. The lowest BCUT2D eigenvalue weighted by Gasteiger charge is -2.14. The van der Waals surface area contributed by atoms with Gasteiger partial charge in [0.05, 0.1) is 23.0 Å². The van der Waals surface area contributed by atoms with Gasteiger partial charge in [-0.2, -0.15) is 10.5 Å². The number of aromatic nitrogens is 2. The number of thiophene rings is 1. The van der Waals surface area contributed by atoms with Crippen molar-refractivity contribution in [3.63, 3.8) is 0 Å². The Kier molecular flexibility index (Phi) is 3.87. The maximum atomic E-state index is 11.9. The van der Waals surface area contributed by atoms with Crippen molar-refractivity contribution in [3.8, 4) is 12.1 Å². The predicted octanol–water partition coefficient (Wildman–Crippen LogP) is 1.78. The van der Waals surface area contributed by atoms with Gasteiger partial charge in [0, 0.05) is 22.2 Å². The highest BCUT2D eigenvalue weighted by molar-refractivity contribution is 7.15. The Morgan fingerprint density at radius 3 is 2.43 bits per heavy atom. The molecule has 0 aliphatic heterocycles. The highest BCUT2D eigenvalue weighted by Gasteiger charge is 2.32. The summed E-state index contributed by atoms with van der Waals surface area (Å²) in [6, 6.07) is 6.45. The van der Waals surface area contributed by atoms with Crippen LogP contribution in [0.5, 0.6) is 0 Å². The van der Waals surface area contributed by atoms with Crippen LogP contribution in [0.3, 0.4) is 0 Å². The zero-order valence-corrected chi connectivity index (χ0v) is 11.6. The van der Waals surface area contributed by atoms with Gasteiger partial charge in [-0.3, -0.25) is 20.0 Å². The first kappa shape index (κ1) is 14.5. The molecule has 0 aromatic carbocycles. The normalized spacial score (nSPS) is 11.8. The molecule has 2 aromatic heterocycles. The smallest absolute Gasteiger partial charge is 0.302 e. The van der Waals surface area contributed by atoms with Gasteiger partial charge < -0.3 is 5.10 Å². The molecule has 0 saturated heterocycles. The van der Waals surface area contributed by atoms with Crippen LogP contribution >= 0.6 is 11.3 Å². The molecule has 2 heterocycles. The van der Waals surface area contributed by atoms with Crippen LogP contribution in [-0.4, -0.2) is 15.1 Å². The molecule has 0 aliphatic rings. The van der Waals surface area contributed by atoms with Crippen LogP contribution in [0.4, 0.5) is 5.00 Å². The van der Waals surface area contributed by atoms with Crippen LogP contribution in [0.15, 0.2) is 16.9 Å². The molecule has 2 N–H and O–H groups in total. The van der Waals surface area contributed by atoms with Gasteiger partial charge in [0.2, 0.25) is 0 Å². The minimum Gasteiger partial charge on any atom is -0.302 e. The first-order chi connectivity index (χ1) is 9.99. The summed E-state index contributed by atoms with van der Waals surface area (Å²) in [5.74, 6) is -1.94. The largest absolute Gasteiger partial charge is 0.324 e. The fourth-order valence-electron chi connectivity index (χ4n) is 2.09. The fourth-order valence-corrected chi connectivity index (χ4v) is 3.06. The third kappa shape index (κ3) is 2.55. The Morgan fingerprint density at radius 1 is 1.33 bits per heavy atom. The lowest BCUT2D eigenvalue weighted by atomic mass is 9.86. The van der Waals surface area contributed by atoms with E-state index in [2.05, 4.69) is 10.2 Å². The molecule has 0 amide bonds. The van der Waals surface area contributed by atoms with Crippen LogP contribution in [0.1, 0.15) is 22.1 Å². The molecular formula is C12H9N5O3S. The molecule has 2 aromatic rings. The molecule has 9 heteroatoms. The molecule has 106 valence electrons. The van der Waals surface area contributed by atoms with Crippen LogP contribution in [-0.2, 0) is 0 Å². The number of hydrogen-bond donors (Lipinski definition) is 2. The van der Waals surface area contributed by atoms with Crippen LogP contribution in [0.2, 0.25) is 0 Å². The van der Waals surface area contributed by atoms with E-state index in [9.17, 15) is 14.9 Å². The third-order valence-electron chi connectivity index (χ3n) is 3.03. The summed E-state index contributed by atoms with van der Waals surface area (Å²) in [5.41, 5.74) is 0.306. The summed E-state index contributed by atoms with van der Waals surface area (Å²) in [6.07, 6.45) is 0. The topological polar surface area (TPSA) is 139 Å². The molecule has 21 heavy (non-hydrogen) atoms. The van der Waals surface area contributed by atoms with Crippen LogP contribution < -0.4 is 5.56 Å². The van der Waals surface area contributed by atoms with E-state index in [0.29, 0.717) is 10.6 Å². The monoisotopic (exact) mass is 303 g/mol. The van der Waals surface area contributed by atoms with Crippen LogP contribution in [0.25, 0.3) is 0 Å². The van der Waals surface area contributed by atoms with E-state index in [-0.39, 0.29) is 10.6 Å². The van der Waals surface area contributed by atoms with E-state index in [4.69, 9.17) is 10.5 Å². The standard InChI is InChI=1S/C12H9N5O3S/c1-6-10(12(18)16-15-6)11(7(4-13)5-14)8-2-3-9(21-8)17(19)20/h2-3,7,11H,1H3,(H2,15,16,18). The van der Waals surface area contributed by atoms with Gasteiger partial charge in [-0.1, -0.05) is 11.3 Å². The summed E-state index contributed by atoms with van der Waals surface area (Å²) in [6.45, 7) is 1.63. The SMILES string of the molecule is Cc1[nH][nH]c(=O)c1C(c1ccc([N+](=O)[O-])s1)C(C#N)C#N. The Hall–Kier alpha value is -2.91. The minimum atomic E-state index is -1.11. The van der Waals surface area contributed by atoms with Gasteiger partial charge in [0.25, 0.3) is 5.56 Å². The van der Waals surface area contributed by atoms with Crippen molar-refractivity contribution in [1.82, 2.24) is 10.2 Å². The molecule has 0 fully saturated rings. The van der Waals surface area contributed by atoms with Gasteiger partial charge in [-0.25, -0.2) is 0 Å². The summed E-state index contributed by atoms with van der Waals surface area (Å²) >= 11 is 0.856. The van der Waals surface area contributed by atoms with Crippen molar-refractivity contribution in [3.05, 3.63) is 48.7 Å². The second-order valence-corrected chi connectivity index (χ2v) is 5.36. The molecule has 2 rings (SSSR count). The van der Waals surface area contributed by atoms with E-state index >= 15 is 0 Å². The number of nitrogens with zero attached hydrogens (tertiary/aromatic N) is 3. The number of rotatable bonds is 4. The molecule has 1 atom stereocenters. The zero-order chi connectivity index (χ0) is 15.6. The zero-order valence-electron chi connectivity index (χ0n) is 10.8. The Balaban J connectivity index is 2.62. The van der Waals surface area contributed by atoms with E-state index in [0.717, 1.165) is 11.3 Å². The second-order valence-electron chi connectivity index (χ2n) is 4.26. The Bertz CT molecular complexity index is 805. The Morgan fingerprint density at radius 2 is 2.00 bits per heavy atom. The van der Waals surface area contributed by atoms with E-state index in [1.165, 1.54) is 12.1 Å². The average Bonchev–Trinajstić information content (AvgIpc) is 3.05. The maximum Gasteiger partial charge on any atom is 0.324 e. The van der Waals surface area contributed by atoms with Gasteiger partial charge >= 0.3 is 5.00 Å². The van der Waals surface area contributed by atoms with Gasteiger partial charge in [-0.15, -0.1) is 0 Å². The molecule has 0 saturated carbocycles. The summed E-state index contributed by atoms with van der Waals surface area (Å²) < 4.78 is 0. The quantitative estimate of drug-likeness (QED) is 0.654. The molecule has 0 spiro atoms. The molecule has 1 unspecified atom stereocenters. The maximum absolute atomic E-state index is 11.9. The molecule has 8 nitrogen and oxygen atoms in total. The van der Waals surface area contributed by atoms with Crippen LogP contribution in [0, 0.1) is 45.6 Å². The molecule has 0 radical (unpaired) electrons. The number of nitriles is 2. The molecular weight excluding hydrogens is 294 g/mol. The number of aromatic amines is 2. The van der Waals surface area contributed by atoms with Gasteiger partial charge in [-0.05, 0) is 13.0 Å². The minimum absolute atomic E-state index is 0.103. The van der Waals surface area contributed by atoms with Crippen molar-refractivity contribution < 1.29 is 4.92 Å². The van der Waals surface area contributed by atoms with Crippen molar-refractivity contribution in [2.24, 2.45) is 5.92 Å². The lowest BCUT2D eigenvalue weighted by Crippen LogP contribution is -2.18. The highest BCUT2D eigenvalue weighted by Crippen LogP contribution is 2.37. The van der Waals surface area contributed by atoms with Crippen molar-refractivity contribution in [1.29, 1.82) is 10.5 Å². The third-order valence-corrected chi connectivity index (χ3v) is 4.15. The molecule has 0 aliphatic carbocycles. The molecule has 0 bridgehead atoms. The van der Waals surface area contributed by atoms with E-state index < -0.39 is 22.3 Å². The summed E-state index contributed by atoms with van der Waals surface area (Å²) in [7, 11) is 0. The van der Waals surface area contributed by atoms with Crippen molar-refractivity contribution in [2.75, 3.05) is 0 Å². The average molecular weight is 303 g/mol. The summed E-state index contributed by atoms with van der Waals surface area (Å²) in [4.78, 5) is 22.6. The first-order valence-electron chi connectivity index (χ1n) is 5.80. The van der Waals surface area contributed by atoms with Crippen molar-refractivity contribution >= 4 is 16.3 Å².